The molecule has 20 heavy (non-hydrogen) atoms. The van der Waals surface area contributed by atoms with Gasteiger partial charge in [0.25, 0.3) is 0 Å². The number of halogens is 2. The molecular formula is C16H18BrClN2. The second-order valence-corrected chi connectivity index (χ2v) is 6.08. The zero-order chi connectivity index (χ0) is 14.5. The minimum atomic E-state index is 0.180. The topological polar surface area (TPSA) is 24.9 Å². The normalized spacial score (nSPS) is 12.4. The standard InChI is InChI=1S/C16H18BrClN2/c1-3-19-15(16-11(2)5-4-8-20-16)9-12-6-7-13(17)10-14(12)18/h4-8,10,15,19H,3,9H2,1-2H3. The molecule has 0 amide bonds. The van der Waals surface area contributed by atoms with Crippen LogP contribution in [0.2, 0.25) is 5.02 Å². The van der Waals surface area contributed by atoms with E-state index in [1.54, 1.807) is 0 Å². The lowest BCUT2D eigenvalue weighted by molar-refractivity contribution is 0.534. The highest BCUT2D eigenvalue weighted by atomic mass is 79.9. The van der Waals surface area contributed by atoms with Gasteiger partial charge in [-0.1, -0.05) is 46.6 Å². The quantitative estimate of drug-likeness (QED) is 0.843. The van der Waals surface area contributed by atoms with Gasteiger partial charge in [-0.05, 0) is 49.2 Å². The van der Waals surface area contributed by atoms with Crippen LogP contribution in [-0.4, -0.2) is 11.5 Å². The first-order valence-electron chi connectivity index (χ1n) is 6.70. The highest BCUT2D eigenvalue weighted by molar-refractivity contribution is 9.10. The summed E-state index contributed by atoms with van der Waals surface area (Å²) in [7, 11) is 0. The van der Waals surface area contributed by atoms with Crippen molar-refractivity contribution in [2.24, 2.45) is 0 Å². The van der Waals surface area contributed by atoms with Crippen molar-refractivity contribution in [3.63, 3.8) is 0 Å². The molecule has 4 heteroatoms. The van der Waals surface area contributed by atoms with E-state index in [1.807, 2.05) is 24.4 Å². The van der Waals surface area contributed by atoms with E-state index in [-0.39, 0.29) is 6.04 Å². The molecule has 0 saturated carbocycles. The number of aromatic nitrogens is 1. The lowest BCUT2D eigenvalue weighted by atomic mass is 10.00. The molecule has 0 fully saturated rings. The zero-order valence-electron chi connectivity index (χ0n) is 11.7. The van der Waals surface area contributed by atoms with E-state index >= 15 is 0 Å². The first kappa shape index (κ1) is 15.5. The van der Waals surface area contributed by atoms with Crippen molar-refractivity contribution in [1.82, 2.24) is 10.3 Å². The molecule has 1 aromatic carbocycles. The molecule has 2 nitrogen and oxygen atoms in total. The second kappa shape index (κ2) is 7.21. The van der Waals surface area contributed by atoms with Crippen LogP contribution in [0.15, 0.2) is 41.0 Å². The molecule has 0 aliphatic carbocycles. The minimum absolute atomic E-state index is 0.180. The first-order chi connectivity index (χ1) is 9.61. The molecule has 0 saturated heterocycles. The Hall–Kier alpha value is -0.900. The lowest BCUT2D eigenvalue weighted by Gasteiger charge is -2.20. The molecular weight excluding hydrogens is 336 g/mol. The maximum Gasteiger partial charge on any atom is 0.0605 e. The summed E-state index contributed by atoms with van der Waals surface area (Å²) in [6.45, 7) is 5.10. The fraction of sp³-hybridized carbons (Fsp3) is 0.312. The van der Waals surface area contributed by atoms with Gasteiger partial charge < -0.3 is 5.32 Å². The third kappa shape index (κ3) is 3.81. The molecule has 1 atom stereocenters. The number of nitrogens with zero attached hydrogens (tertiary/aromatic N) is 1. The summed E-state index contributed by atoms with van der Waals surface area (Å²) in [6.07, 6.45) is 2.67. The van der Waals surface area contributed by atoms with Gasteiger partial charge in [0.05, 0.1) is 11.7 Å². The predicted octanol–water partition coefficient (Wildman–Crippen LogP) is 4.70. The van der Waals surface area contributed by atoms with Crippen molar-refractivity contribution < 1.29 is 0 Å². The van der Waals surface area contributed by atoms with Gasteiger partial charge in [-0.25, -0.2) is 0 Å². The molecule has 2 aromatic rings. The molecule has 0 aliphatic rings. The maximum atomic E-state index is 6.32. The molecule has 1 aromatic heterocycles. The van der Waals surface area contributed by atoms with Crippen LogP contribution in [0.4, 0.5) is 0 Å². The lowest BCUT2D eigenvalue weighted by Crippen LogP contribution is -2.24. The smallest absolute Gasteiger partial charge is 0.0605 e. The molecule has 0 spiro atoms. The van der Waals surface area contributed by atoms with Crippen molar-refractivity contribution in [3.05, 3.63) is 62.8 Å². The van der Waals surface area contributed by atoms with Gasteiger partial charge in [-0.2, -0.15) is 0 Å². The number of hydrogen-bond donors (Lipinski definition) is 1. The maximum absolute atomic E-state index is 6.32. The Labute approximate surface area is 133 Å². The van der Waals surface area contributed by atoms with E-state index < -0.39 is 0 Å². The SMILES string of the molecule is CCNC(Cc1ccc(Br)cc1Cl)c1ncccc1C. The Bertz CT molecular complexity index is 586. The number of pyridine rings is 1. The summed E-state index contributed by atoms with van der Waals surface area (Å²) in [6, 6.07) is 10.3. The van der Waals surface area contributed by atoms with Crippen molar-refractivity contribution in [1.29, 1.82) is 0 Å². The number of aryl methyl sites for hydroxylation is 1. The molecule has 1 heterocycles. The monoisotopic (exact) mass is 352 g/mol. The van der Waals surface area contributed by atoms with Crippen LogP contribution >= 0.6 is 27.5 Å². The van der Waals surface area contributed by atoms with Crippen LogP contribution in [0.25, 0.3) is 0 Å². The van der Waals surface area contributed by atoms with Crippen LogP contribution in [-0.2, 0) is 6.42 Å². The summed E-state index contributed by atoms with van der Waals surface area (Å²) in [5.41, 5.74) is 3.42. The Morgan fingerprint density at radius 2 is 2.15 bits per heavy atom. The van der Waals surface area contributed by atoms with E-state index in [0.29, 0.717) is 0 Å². The number of rotatable bonds is 5. The Kier molecular flexibility index (Phi) is 5.58. The molecule has 0 aliphatic heterocycles. The molecule has 1 N–H and O–H groups in total. The highest BCUT2D eigenvalue weighted by Crippen LogP contribution is 2.26. The van der Waals surface area contributed by atoms with Gasteiger partial charge in [-0.15, -0.1) is 0 Å². The zero-order valence-corrected chi connectivity index (χ0v) is 14.0. The summed E-state index contributed by atoms with van der Waals surface area (Å²) in [5.74, 6) is 0. The van der Waals surface area contributed by atoms with E-state index in [1.165, 1.54) is 5.56 Å². The van der Waals surface area contributed by atoms with E-state index in [2.05, 4.69) is 52.2 Å². The van der Waals surface area contributed by atoms with Crippen molar-refractivity contribution in [3.8, 4) is 0 Å². The van der Waals surface area contributed by atoms with E-state index in [0.717, 1.165) is 33.7 Å². The first-order valence-corrected chi connectivity index (χ1v) is 7.87. The van der Waals surface area contributed by atoms with E-state index in [4.69, 9.17) is 11.6 Å². The number of hydrogen-bond acceptors (Lipinski definition) is 2. The largest absolute Gasteiger partial charge is 0.309 e. The molecule has 106 valence electrons. The predicted molar refractivity (Wildman–Crippen MR) is 88.2 cm³/mol. The van der Waals surface area contributed by atoms with Crippen LogP contribution < -0.4 is 5.32 Å². The summed E-state index contributed by atoms with van der Waals surface area (Å²) < 4.78 is 1.00. The van der Waals surface area contributed by atoms with Crippen LogP contribution in [0, 0.1) is 6.92 Å². The Morgan fingerprint density at radius 3 is 2.80 bits per heavy atom. The van der Waals surface area contributed by atoms with Gasteiger partial charge in [0.2, 0.25) is 0 Å². The van der Waals surface area contributed by atoms with Crippen LogP contribution in [0.5, 0.6) is 0 Å². The average molecular weight is 354 g/mol. The van der Waals surface area contributed by atoms with Gasteiger partial charge >= 0.3 is 0 Å². The fourth-order valence-electron chi connectivity index (χ4n) is 2.28. The third-order valence-corrected chi connectivity index (χ3v) is 4.11. The Balaban J connectivity index is 2.28. The van der Waals surface area contributed by atoms with Gasteiger partial charge in [0, 0.05) is 15.7 Å². The molecule has 2 rings (SSSR count). The van der Waals surface area contributed by atoms with Gasteiger partial charge in [0.1, 0.15) is 0 Å². The van der Waals surface area contributed by atoms with E-state index in [9.17, 15) is 0 Å². The highest BCUT2D eigenvalue weighted by Gasteiger charge is 2.16. The third-order valence-electron chi connectivity index (χ3n) is 3.27. The Morgan fingerprint density at radius 1 is 1.35 bits per heavy atom. The van der Waals surface area contributed by atoms with Crippen LogP contribution in [0.3, 0.4) is 0 Å². The second-order valence-electron chi connectivity index (χ2n) is 4.76. The number of benzene rings is 1. The van der Waals surface area contributed by atoms with Crippen molar-refractivity contribution in [2.45, 2.75) is 26.3 Å². The average Bonchev–Trinajstić information content (AvgIpc) is 2.42. The minimum Gasteiger partial charge on any atom is -0.309 e. The van der Waals surface area contributed by atoms with Crippen LogP contribution in [0.1, 0.15) is 29.8 Å². The molecule has 0 bridgehead atoms. The number of likely N-dealkylation sites (N-methyl/N-ethyl adjacent to an activating group) is 1. The van der Waals surface area contributed by atoms with Crippen molar-refractivity contribution in [2.75, 3.05) is 6.54 Å². The fourth-order valence-corrected chi connectivity index (χ4v) is 3.03. The van der Waals surface area contributed by atoms with Gasteiger partial charge in [0.15, 0.2) is 0 Å². The van der Waals surface area contributed by atoms with Crippen molar-refractivity contribution >= 4 is 27.5 Å². The molecule has 1 unspecified atom stereocenters. The summed E-state index contributed by atoms with van der Waals surface area (Å²) >= 11 is 9.76. The summed E-state index contributed by atoms with van der Waals surface area (Å²) in [4.78, 5) is 4.53. The molecule has 0 radical (unpaired) electrons. The van der Waals surface area contributed by atoms with Gasteiger partial charge in [-0.3, -0.25) is 4.98 Å². The summed E-state index contributed by atoms with van der Waals surface area (Å²) in [5, 5.41) is 4.29. The number of nitrogens with one attached hydrogen (secondary N) is 1.